The Morgan fingerprint density at radius 3 is 1.93 bits per heavy atom. The highest BCUT2D eigenvalue weighted by Gasteiger charge is 2.25. The highest BCUT2D eigenvalue weighted by Crippen LogP contribution is 2.13. The van der Waals surface area contributed by atoms with Gasteiger partial charge < -0.3 is 15.1 Å². The van der Waals surface area contributed by atoms with Crippen molar-refractivity contribution < 1.29 is 14.4 Å². The van der Waals surface area contributed by atoms with Gasteiger partial charge in [0, 0.05) is 55.9 Å². The third-order valence-electron chi connectivity index (χ3n) is 5.61. The molecule has 2 aliphatic heterocycles. The lowest BCUT2D eigenvalue weighted by atomic mass is 10.1. The predicted octanol–water partition coefficient (Wildman–Crippen LogP) is 1.99. The Balaban J connectivity index is 1.49. The lowest BCUT2D eigenvalue weighted by Gasteiger charge is -2.36. The Morgan fingerprint density at radius 1 is 0.800 bits per heavy atom. The maximum Gasteiger partial charge on any atom is 0.253 e. The maximum atomic E-state index is 12.8. The van der Waals surface area contributed by atoms with E-state index in [0.29, 0.717) is 43.9 Å². The van der Waals surface area contributed by atoms with E-state index >= 15 is 0 Å². The van der Waals surface area contributed by atoms with Gasteiger partial charge in [-0.05, 0) is 64.3 Å². The van der Waals surface area contributed by atoms with Crippen LogP contribution < -0.4 is 5.32 Å². The second-order valence-electron chi connectivity index (χ2n) is 9.29. The standard InChI is InChI=1S/C23H34N4O3/c1-23(2,3)24-21(29)18-7-9-19(10-8-18)22(30)27-15-13-25(14-16-27)17-20(28)26-11-5-4-6-12-26/h7-10H,4-6,11-17H2,1-3H3,(H,24,29). The van der Waals surface area contributed by atoms with E-state index in [0.717, 1.165) is 25.9 Å². The fourth-order valence-electron chi connectivity index (χ4n) is 3.90. The van der Waals surface area contributed by atoms with Gasteiger partial charge in [-0.25, -0.2) is 0 Å². The molecule has 30 heavy (non-hydrogen) atoms. The van der Waals surface area contributed by atoms with Crippen LogP contribution in [0, 0.1) is 0 Å². The number of benzene rings is 1. The number of likely N-dealkylation sites (tertiary alicyclic amines) is 1. The van der Waals surface area contributed by atoms with E-state index in [1.54, 1.807) is 24.3 Å². The van der Waals surface area contributed by atoms with Crippen LogP contribution in [0.2, 0.25) is 0 Å². The van der Waals surface area contributed by atoms with Crippen LogP contribution in [0.25, 0.3) is 0 Å². The molecule has 3 amide bonds. The molecule has 1 aromatic carbocycles. The second-order valence-corrected chi connectivity index (χ2v) is 9.29. The van der Waals surface area contributed by atoms with Crippen molar-refractivity contribution in [1.29, 1.82) is 0 Å². The summed E-state index contributed by atoms with van der Waals surface area (Å²) in [6.45, 7) is 10.6. The van der Waals surface area contributed by atoms with E-state index in [4.69, 9.17) is 0 Å². The molecule has 1 N–H and O–H groups in total. The first-order valence-electron chi connectivity index (χ1n) is 10.9. The van der Waals surface area contributed by atoms with E-state index in [1.807, 2.05) is 30.6 Å². The van der Waals surface area contributed by atoms with Crippen LogP contribution in [0.1, 0.15) is 60.7 Å². The number of nitrogens with zero attached hydrogens (tertiary/aromatic N) is 3. The van der Waals surface area contributed by atoms with Gasteiger partial charge in [-0.2, -0.15) is 0 Å². The molecule has 0 aromatic heterocycles. The van der Waals surface area contributed by atoms with Gasteiger partial charge in [0.2, 0.25) is 5.91 Å². The van der Waals surface area contributed by atoms with Crippen molar-refractivity contribution in [3.05, 3.63) is 35.4 Å². The van der Waals surface area contributed by atoms with Gasteiger partial charge in [0.15, 0.2) is 0 Å². The Morgan fingerprint density at radius 2 is 1.37 bits per heavy atom. The maximum absolute atomic E-state index is 12.8. The number of hydrogen-bond donors (Lipinski definition) is 1. The molecule has 2 heterocycles. The van der Waals surface area contributed by atoms with Crippen LogP contribution >= 0.6 is 0 Å². The van der Waals surface area contributed by atoms with Gasteiger partial charge in [-0.1, -0.05) is 0 Å². The number of carbonyl (C=O) groups excluding carboxylic acids is 3. The highest BCUT2D eigenvalue weighted by molar-refractivity contribution is 5.98. The summed E-state index contributed by atoms with van der Waals surface area (Å²) >= 11 is 0. The number of amides is 3. The van der Waals surface area contributed by atoms with Crippen LogP contribution in [-0.2, 0) is 4.79 Å². The highest BCUT2D eigenvalue weighted by atomic mass is 16.2. The number of nitrogens with one attached hydrogen (secondary N) is 1. The molecule has 0 spiro atoms. The van der Waals surface area contributed by atoms with Crippen molar-refractivity contribution in [2.24, 2.45) is 0 Å². The fraction of sp³-hybridized carbons (Fsp3) is 0.609. The molecular formula is C23H34N4O3. The summed E-state index contributed by atoms with van der Waals surface area (Å²) in [5.74, 6) is 0.0341. The summed E-state index contributed by atoms with van der Waals surface area (Å²) in [6.07, 6.45) is 3.42. The van der Waals surface area contributed by atoms with Crippen molar-refractivity contribution in [3.8, 4) is 0 Å². The molecule has 2 fully saturated rings. The fourth-order valence-corrected chi connectivity index (χ4v) is 3.90. The third-order valence-corrected chi connectivity index (χ3v) is 5.61. The zero-order chi connectivity index (χ0) is 21.7. The number of piperidine rings is 1. The minimum absolute atomic E-state index is 0.0280. The van der Waals surface area contributed by atoms with Crippen LogP contribution in [0.15, 0.2) is 24.3 Å². The molecule has 0 radical (unpaired) electrons. The molecular weight excluding hydrogens is 380 g/mol. The second kappa shape index (κ2) is 9.60. The summed E-state index contributed by atoms with van der Waals surface area (Å²) in [6, 6.07) is 6.82. The summed E-state index contributed by atoms with van der Waals surface area (Å²) in [5, 5.41) is 2.92. The van der Waals surface area contributed by atoms with Gasteiger partial charge in [0.1, 0.15) is 0 Å². The van der Waals surface area contributed by atoms with E-state index in [1.165, 1.54) is 6.42 Å². The SMILES string of the molecule is CC(C)(C)NC(=O)c1ccc(C(=O)N2CCN(CC(=O)N3CCCCC3)CC2)cc1. The van der Waals surface area contributed by atoms with Gasteiger partial charge in [0.25, 0.3) is 11.8 Å². The Hall–Kier alpha value is -2.41. The molecule has 0 aliphatic carbocycles. The Bertz CT molecular complexity index is 756. The normalized spacial score (nSPS) is 18.2. The number of hydrogen-bond acceptors (Lipinski definition) is 4. The van der Waals surface area contributed by atoms with Crippen molar-refractivity contribution >= 4 is 17.7 Å². The van der Waals surface area contributed by atoms with Crippen molar-refractivity contribution in [2.45, 2.75) is 45.6 Å². The van der Waals surface area contributed by atoms with Gasteiger partial charge in [-0.3, -0.25) is 19.3 Å². The first kappa shape index (κ1) is 22.3. The molecule has 1 aromatic rings. The number of rotatable bonds is 4. The van der Waals surface area contributed by atoms with E-state index in [-0.39, 0.29) is 23.3 Å². The van der Waals surface area contributed by atoms with Crippen molar-refractivity contribution in [1.82, 2.24) is 20.0 Å². The van der Waals surface area contributed by atoms with E-state index in [2.05, 4.69) is 10.2 Å². The summed E-state index contributed by atoms with van der Waals surface area (Å²) < 4.78 is 0. The average molecular weight is 415 g/mol. The Labute approximate surface area is 179 Å². The third kappa shape index (κ3) is 6.05. The van der Waals surface area contributed by atoms with E-state index < -0.39 is 0 Å². The first-order valence-corrected chi connectivity index (χ1v) is 10.9. The monoisotopic (exact) mass is 414 g/mol. The molecule has 2 saturated heterocycles. The first-order chi connectivity index (χ1) is 14.2. The minimum Gasteiger partial charge on any atom is -0.347 e. The minimum atomic E-state index is -0.305. The summed E-state index contributed by atoms with van der Waals surface area (Å²) in [7, 11) is 0. The van der Waals surface area contributed by atoms with Crippen molar-refractivity contribution in [3.63, 3.8) is 0 Å². The molecule has 0 saturated carbocycles. The Kier molecular flexibility index (Phi) is 7.13. The quantitative estimate of drug-likeness (QED) is 0.818. The lowest BCUT2D eigenvalue weighted by molar-refractivity contribution is -0.133. The largest absolute Gasteiger partial charge is 0.347 e. The van der Waals surface area contributed by atoms with Crippen LogP contribution in [-0.4, -0.2) is 83.8 Å². The zero-order valence-corrected chi connectivity index (χ0v) is 18.4. The molecule has 0 bridgehead atoms. The molecule has 7 nitrogen and oxygen atoms in total. The molecule has 0 atom stereocenters. The number of carbonyl (C=O) groups is 3. The summed E-state index contributed by atoms with van der Waals surface area (Å²) in [4.78, 5) is 43.4. The zero-order valence-electron chi connectivity index (χ0n) is 18.4. The number of piperazine rings is 1. The summed E-state index contributed by atoms with van der Waals surface area (Å²) in [5.41, 5.74) is 0.823. The lowest BCUT2D eigenvalue weighted by Crippen LogP contribution is -2.52. The molecule has 2 aliphatic rings. The van der Waals surface area contributed by atoms with E-state index in [9.17, 15) is 14.4 Å². The van der Waals surface area contributed by atoms with Crippen LogP contribution in [0.3, 0.4) is 0 Å². The predicted molar refractivity (Wildman–Crippen MR) is 116 cm³/mol. The smallest absolute Gasteiger partial charge is 0.253 e. The molecule has 0 unspecified atom stereocenters. The van der Waals surface area contributed by atoms with Gasteiger partial charge in [0.05, 0.1) is 6.54 Å². The molecule has 7 heteroatoms. The molecule has 3 rings (SSSR count). The van der Waals surface area contributed by atoms with Crippen LogP contribution in [0.5, 0.6) is 0 Å². The topological polar surface area (TPSA) is 73.0 Å². The average Bonchev–Trinajstić information content (AvgIpc) is 2.73. The molecule has 164 valence electrons. The van der Waals surface area contributed by atoms with Crippen molar-refractivity contribution in [2.75, 3.05) is 45.8 Å². The van der Waals surface area contributed by atoms with Gasteiger partial charge in [-0.15, -0.1) is 0 Å². The van der Waals surface area contributed by atoms with Gasteiger partial charge >= 0.3 is 0 Å². The van der Waals surface area contributed by atoms with Crippen LogP contribution in [0.4, 0.5) is 0 Å².